The molecule has 1 nitrogen and oxygen atoms in total. The van der Waals surface area contributed by atoms with E-state index in [1.54, 1.807) is 11.8 Å². The number of rotatable bonds is 5. The molecule has 1 aromatic rings. The van der Waals surface area contributed by atoms with Crippen LogP contribution in [0.5, 0.6) is 0 Å². The average molecular weight is 232 g/mol. The molecule has 0 heterocycles. The number of thioether (sulfide) groups is 1. The Hall–Kier alpha value is -1.28. The SMILES string of the molecule is C=CC(=O)/C(C)=C(\SCC)c1ccccc1. The average Bonchev–Trinajstić information content (AvgIpc) is 2.35. The maximum Gasteiger partial charge on any atom is 0.182 e. The highest BCUT2D eigenvalue weighted by Crippen LogP contribution is 2.30. The van der Waals surface area contributed by atoms with Gasteiger partial charge < -0.3 is 0 Å². The van der Waals surface area contributed by atoms with Crippen LogP contribution < -0.4 is 0 Å². The summed E-state index contributed by atoms with van der Waals surface area (Å²) in [5, 5.41) is 0. The van der Waals surface area contributed by atoms with Crippen LogP contribution >= 0.6 is 11.8 Å². The molecule has 0 atom stereocenters. The molecule has 0 aromatic heterocycles. The molecule has 0 radical (unpaired) electrons. The number of ketones is 1. The zero-order valence-corrected chi connectivity index (χ0v) is 10.5. The van der Waals surface area contributed by atoms with E-state index in [4.69, 9.17) is 0 Å². The molecule has 0 unspecified atom stereocenters. The zero-order chi connectivity index (χ0) is 12.0. The molecule has 0 saturated carbocycles. The van der Waals surface area contributed by atoms with Gasteiger partial charge >= 0.3 is 0 Å². The molecule has 0 aliphatic carbocycles. The molecule has 84 valence electrons. The maximum absolute atomic E-state index is 11.6. The third-order valence-electron chi connectivity index (χ3n) is 2.22. The summed E-state index contributed by atoms with van der Waals surface area (Å²) in [6.45, 7) is 7.46. The molecule has 1 aromatic carbocycles. The third kappa shape index (κ3) is 3.11. The largest absolute Gasteiger partial charge is 0.290 e. The van der Waals surface area contributed by atoms with Gasteiger partial charge in [-0.3, -0.25) is 4.79 Å². The van der Waals surface area contributed by atoms with Gasteiger partial charge in [0.2, 0.25) is 0 Å². The van der Waals surface area contributed by atoms with Crippen LogP contribution in [-0.2, 0) is 4.79 Å². The van der Waals surface area contributed by atoms with Crippen molar-refractivity contribution in [1.29, 1.82) is 0 Å². The van der Waals surface area contributed by atoms with Crippen LogP contribution in [0, 0.1) is 0 Å². The number of carbonyl (C=O) groups excluding carboxylic acids is 1. The smallest absolute Gasteiger partial charge is 0.182 e. The molecular formula is C14H16OS. The predicted octanol–water partition coefficient (Wildman–Crippen LogP) is 3.93. The Morgan fingerprint density at radius 1 is 1.38 bits per heavy atom. The van der Waals surface area contributed by atoms with Crippen LogP contribution in [0.3, 0.4) is 0 Å². The topological polar surface area (TPSA) is 17.1 Å². The van der Waals surface area contributed by atoms with Gasteiger partial charge in [0.25, 0.3) is 0 Å². The van der Waals surface area contributed by atoms with Gasteiger partial charge in [0.15, 0.2) is 5.78 Å². The first-order chi connectivity index (χ1) is 7.70. The van der Waals surface area contributed by atoms with Gasteiger partial charge in [-0.15, -0.1) is 11.8 Å². The lowest BCUT2D eigenvalue weighted by molar-refractivity contribution is -0.111. The minimum absolute atomic E-state index is 0.000182. The van der Waals surface area contributed by atoms with Crippen molar-refractivity contribution < 1.29 is 4.79 Å². The van der Waals surface area contributed by atoms with Crippen molar-refractivity contribution in [3.63, 3.8) is 0 Å². The Balaban J connectivity index is 3.18. The van der Waals surface area contributed by atoms with E-state index < -0.39 is 0 Å². The van der Waals surface area contributed by atoms with Crippen molar-refractivity contribution in [1.82, 2.24) is 0 Å². The predicted molar refractivity (Wildman–Crippen MR) is 72.4 cm³/mol. The first kappa shape index (κ1) is 12.8. The second-order valence-corrected chi connectivity index (χ2v) is 4.60. The summed E-state index contributed by atoms with van der Waals surface area (Å²) < 4.78 is 0. The fourth-order valence-corrected chi connectivity index (χ4v) is 2.32. The third-order valence-corrected chi connectivity index (χ3v) is 3.34. The van der Waals surface area contributed by atoms with Gasteiger partial charge in [-0.05, 0) is 24.3 Å². The molecule has 0 spiro atoms. The Labute approximate surface area is 101 Å². The van der Waals surface area contributed by atoms with Crippen LogP contribution in [0.4, 0.5) is 0 Å². The van der Waals surface area contributed by atoms with E-state index in [-0.39, 0.29) is 5.78 Å². The van der Waals surface area contributed by atoms with Gasteiger partial charge in [-0.1, -0.05) is 43.8 Å². The van der Waals surface area contributed by atoms with E-state index in [1.807, 2.05) is 37.3 Å². The van der Waals surface area contributed by atoms with E-state index in [0.717, 1.165) is 21.8 Å². The Bertz CT molecular complexity index is 404. The van der Waals surface area contributed by atoms with Gasteiger partial charge in [0, 0.05) is 10.5 Å². The van der Waals surface area contributed by atoms with Crippen molar-refractivity contribution in [3.05, 3.63) is 54.1 Å². The quantitative estimate of drug-likeness (QED) is 0.716. The number of allylic oxidation sites excluding steroid dienone is 2. The lowest BCUT2D eigenvalue weighted by atomic mass is 10.1. The highest BCUT2D eigenvalue weighted by Gasteiger charge is 2.09. The number of carbonyl (C=O) groups is 1. The number of benzene rings is 1. The Kier molecular flexibility index (Phi) is 5.06. The lowest BCUT2D eigenvalue weighted by Gasteiger charge is -2.09. The van der Waals surface area contributed by atoms with E-state index in [2.05, 4.69) is 13.5 Å². The summed E-state index contributed by atoms with van der Waals surface area (Å²) in [6, 6.07) is 9.99. The standard InChI is InChI=1S/C14H16OS/c1-4-13(15)11(3)14(16-5-2)12-9-7-6-8-10-12/h4,6-10H,1,5H2,2-3H3/b14-11-. The molecule has 2 heteroatoms. The summed E-state index contributed by atoms with van der Waals surface area (Å²) in [5.41, 5.74) is 1.87. The minimum atomic E-state index is -0.000182. The molecule has 0 saturated heterocycles. The molecule has 0 aliphatic rings. The normalized spacial score (nSPS) is 11.9. The molecule has 0 amide bonds. The summed E-state index contributed by atoms with van der Waals surface area (Å²) in [4.78, 5) is 12.7. The molecular weight excluding hydrogens is 216 g/mol. The molecule has 0 fully saturated rings. The van der Waals surface area contributed by atoms with Crippen LogP contribution in [0.15, 0.2) is 48.6 Å². The second kappa shape index (κ2) is 6.33. The van der Waals surface area contributed by atoms with E-state index in [1.165, 1.54) is 6.08 Å². The number of hydrogen-bond donors (Lipinski definition) is 0. The van der Waals surface area contributed by atoms with Crippen molar-refractivity contribution in [3.8, 4) is 0 Å². The van der Waals surface area contributed by atoms with E-state index in [9.17, 15) is 4.79 Å². The highest BCUT2D eigenvalue weighted by molar-refractivity contribution is 8.08. The molecule has 0 bridgehead atoms. The highest BCUT2D eigenvalue weighted by atomic mass is 32.2. The summed E-state index contributed by atoms with van der Waals surface area (Å²) in [7, 11) is 0. The van der Waals surface area contributed by atoms with Crippen molar-refractivity contribution >= 4 is 22.5 Å². The zero-order valence-electron chi connectivity index (χ0n) is 9.69. The minimum Gasteiger partial charge on any atom is -0.290 e. The van der Waals surface area contributed by atoms with E-state index in [0.29, 0.717) is 0 Å². The van der Waals surface area contributed by atoms with Crippen molar-refractivity contribution in [2.24, 2.45) is 0 Å². The lowest BCUT2D eigenvalue weighted by Crippen LogP contribution is -1.97. The van der Waals surface area contributed by atoms with Crippen molar-refractivity contribution in [2.75, 3.05) is 5.75 Å². The van der Waals surface area contributed by atoms with Crippen LogP contribution in [0.1, 0.15) is 19.4 Å². The van der Waals surface area contributed by atoms with Crippen LogP contribution in [-0.4, -0.2) is 11.5 Å². The summed E-state index contributed by atoms with van der Waals surface area (Å²) in [5.74, 6) is 0.950. The number of hydrogen-bond acceptors (Lipinski definition) is 2. The first-order valence-corrected chi connectivity index (χ1v) is 6.25. The maximum atomic E-state index is 11.6. The molecule has 16 heavy (non-hydrogen) atoms. The molecule has 0 N–H and O–H groups in total. The van der Waals surface area contributed by atoms with Crippen molar-refractivity contribution in [2.45, 2.75) is 13.8 Å². The second-order valence-electron chi connectivity index (χ2n) is 3.32. The fraction of sp³-hybridized carbons (Fsp3) is 0.214. The molecule has 1 rings (SSSR count). The van der Waals surface area contributed by atoms with Crippen LogP contribution in [0.25, 0.3) is 4.91 Å². The van der Waals surface area contributed by atoms with Gasteiger partial charge in [-0.2, -0.15) is 0 Å². The van der Waals surface area contributed by atoms with Gasteiger partial charge in [-0.25, -0.2) is 0 Å². The Morgan fingerprint density at radius 3 is 2.50 bits per heavy atom. The van der Waals surface area contributed by atoms with Gasteiger partial charge in [0.1, 0.15) is 0 Å². The monoisotopic (exact) mass is 232 g/mol. The van der Waals surface area contributed by atoms with Crippen LogP contribution in [0.2, 0.25) is 0 Å². The van der Waals surface area contributed by atoms with Gasteiger partial charge in [0.05, 0.1) is 0 Å². The summed E-state index contributed by atoms with van der Waals surface area (Å²) in [6.07, 6.45) is 1.37. The summed E-state index contributed by atoms with van der Waals surface area (Å²) >= 11 is 1.69. The Morgan fingerprint density at radius 2 is 2.00 bits per heavy atom. The van der Waals surface area contributed by atoms with E-state index >= 15 is 0 Å². The first-order valence-electron chi connectivity index (χ1n) is 5.26. The molecule has 0 aliphatic heterocycles. The fourth-order valence-electron chi connectivity index (χ4n) is 1.41.